The van der Waals surface area contributed by atoms with Crippen LogP contribution in [0.5, 0.6) is 0 Å². The Kier molecular flexibility index (Phi) is 18.8. The molecular weight excluding hydrogens is 341 g/mol. The molecule has 0 amide bonds. The number of nitrogens with one attached hydrogen (secondary N) is 1. The van der Waals surface area contributed by atoms with Gasteiger partial charge in [0.15, 0.2) is 0 Å². The van der Waals surface area contributed by atoms with E-state index >= 15 is 0 Å². The van der Waals surface area contributed by atoms with E-state index in [0.717, 1.165) is 6.54 Å². The monoisotopic (exact) mass is 365 g/mol. The first kappa shape index (κ1) is 23.3. The van der Waals surface area contributed by atoms with Gasteiger partial charge in [0.05, 0.1) is 0 Å². The van der Waals surface area contributed by atoms with Gasteiger partial charge >= 0.3 is 21.1 Å². The molecular formula is C11H24NPt+. The third-order valence-electron chi connectivity index (χ3n) is 1.91. The molecule has 1 aliphatic carbocycles. The third-order valence-corrected chi connectivity index (χ3v) is 1.91. The molecule has 13 heavy (non-hydrogen) atoms. The van der Waals surface area contributed by atoms with Gasteiger partial charge in [-0.3, -0.25) is 0 Å². The maximum Gasteiger partial charge on any atom is 4.00 e. The average molecular weight is 365 g/mol. The van der Waals surface area contributed by atoms with Gasteiger partial charge in [-0.1, -0.05) is 19.1 Å². The molecule has 82 valence electrons. The van der Waals surface area contributed by atoms with E-state index in [0.29, 0.717) is 5.54 Å². The molecule has 2 heteroatoms. The van der Waals surface area contributed by atoms with Gasteiger partial charge in [0.25, 0.3) is 0 Å². The predicted molar refractivity (Wildman–Crippen MR) is 59.7 cm³/mol. The van der Waals surface area contributed by atoms with Gasteiger partial charge in [-0.25, -0.2) is 0 Å². The first-order valence-corrected chi connectivity index (χ1v) is 3.67. The molecule has 0 spiro atoms. The Morgan fingerprint density at radius 2 is 1.54 bits per heavy atom. The second-order valence-corrected chi connectivity index (χ2v) is 2.97. The van der Waals surface area contributed by atoms with E-state index in [4.69, 9.17) is 0 Å². The summed E-state index contributed by atoms with van der Waals surface area (Å²) in [4.78, 5) is 0. The van der Waals surface area contributed by atoms with Crippen LogP contribution < -0.4 is 5.32 Å². The van der Waals surface area contributed by atoms with Crippen molar-refractivity contribution in [2.45, 2.75) is 32.2 Å². The minimum Gasteiger partial charge on any atom is -0.358 e. The van der Waals surface area contributed by atoms with Gasteiger partial charge in [-0.05, 0) is 26.3 Å². The van der Waals surface area contributed by atoms with Crippen molar-refractivity contribution in [2.75, 3.05) is 6.54 Å². The van der Waals surface area contributed by atoms with Gasteiger partial charge in [0, 0.05) is 5.54 Å². The van der Waals surface area contributed by atoms with Crippen molar-refractivity contribution in [3.05, 3.63) is 34.4 Å². The molecule has 0 atom stereocenters. The van der Waals surface area contributed by atoms with Crippen molar-refractivity contribution in [3.8, 4) is 0 Å². The van der Waals surface area contributed by atoms with Crippen molar-refractivity contribution < 1.29 is 21.1 Å². The van der Waals surface area contributed by atoms with Crippen LogP contribution in [0.3, 0.4) is 0 Å². The summed E-state index contributed by atoms with van der Waals surface area (Å²) in [7, 11) is 0. The molecule has 1 nitrogen and oxygen atoms in total. The van der Waals surface area contributed by atoms with Gasteiger partial charge < -0.3 is 27.6 Å². The normalized spacial score (nSPS) is 15.8. The molecule has 1 rings (SSSR count). The van der Waals surface area contributed by atoms with Crippen LogP contribution in [0.25, 0.3) is 0 Å². The van der Waals surface area contributed by atoms with Crippen LogP contribution in [0, 0.1) is 22.3 Å². The quantitative estimate of drug-likeness (QED) is 0.586. The van der Waals surface area contributed by atoms with Gasteiger partial charge in [0.1, 0.15) is 0 Å². The maximum absolute atomic E-state index is 3.46. The second-order valence-electron chi connectivity index (χ2n) is 2.97. The van der Waals surface area contributed by atoms with Crippen LogP contribution in [0.2, 0.25) is 0 Å². The molecule has 0 aromatic rings. The van der Waals surface area contributed by atoms with Gasteiger partial charge in [-0.15, -0.1) is 0 Å². The van der Waals surface area contributed by atoms with Crippen molar-refractivity contribution in [1.82, 2.24) is 5.32 Å². The van der Waals surface area contributed by atoms with Gasteiger partial charge in [0.2, 0.25) is 0 Å². The Morgan fingerprint density at radius 3 is 1.85 bits per heavy atom. The Labute approximate surface area is 99.6 Å². The Balaban J connectivity index is -0.000000101. The molecule has 0 radical (unpaired) electrons. The second kappa shape index (κ2) is 10.5. The van der Waals surface area contributed by atoms with E-state index in [1.807, 2.05) is 0 Å². The van der Waals surface area contributed by atoms with E-state index in [1.165, 1.54) is 12.8 Å². The van der Waals surface area contributed by atoms with E-state index in [-0.39, 0.29) is 43.3 Å². The summed E-state index contributed by atoms with van der Waals surface area (Å²) in [5.74, 6) is 0. The van der Waals surface area contributed by atoms with Crippen molar-refractivity contribution >= 4 is 0 Å². The van der Waals surface area contributed by atoms with E-state index in [9.17, 15) is 0 Å². The summed E-state index contributed by atoms with van der Waals surface area (Å²) < 4.78 is 0. The molecule has 0 bridgehead atoms. The summed E-state index contributed by atoms with van der Waals surface area (Å²) in [5.41, 5.74) is 0.384. The molecule has 0 aromatic heterocycles. The van der Waals surface area contributed by atoms with E-state index in [1.54, 1.807) is 0 Å². The third kappa shape index (κ3) is 7.46. The van der Waals surface area contributed by atoms with E-state index in [2.05, 4.69) is 31.3 Å². The summed E-state index contributed by atoms with van der Waals surface area (Å²) in [6, 6.07) is 0. The van der Waals surface area contributed by atoms with Crippen LogP contribution in [0.4, 0.5) is 0 Å². The van der Waals surface area contributed by atoms with Crippen molar-refractivity contribution in [2.24, 2.45) is 0 Å². The average Bonchev–Trinajstić information content (AvgIpc) is 2.16. The maximum atomic E-state index is 3.46. The summed E-state index contributed by atoms with van der Waals surface area (Å²) in [6.45, 7) is 5.51. The summed E-state index contributed by atoms with van der Waals surface area (Å²) >= 11 is 0. The minimum atomic E-state index is 0. The van der Waals surface area contributed by atoms with Crippen LogP contribution in [0.1, 0.15) is 26.7 Å². The Hall–Kier alpha value is 0.388. The SMILES string of the molecule is CCNC1(C)CC=CC1.[CH3-].[CH3-].[CH3-].[Pt+4]. The Bertz CT molecular complexity index is 113. The zero-order valence-corrected chi connectivity index (χ0v) is 11.9. The number of rotatable bonds is 2. The predicted octanol–water partition coefficient (Wildman–Crippen LogP) is 3.05. The molecule has 0 saturated heterocycles. The van der Waals surface area contributed by atoms with Crippen LogP contribution in [-0.4, -0.2) is 12.1 Å². The molecule has 0 aromatic carbocycles. The summed E-state index contributed by atoms with van der Waals surface area (Å²) in [5, 5.41) is 3.46. The molecule has 1 aliphatic rings. The first-order chi connectivity index (χ1) is 4.27. The summed E-state index contributed by atoms with van der Waals surface area (Å²) in [6.07, 6.45) is 6.90. The molecule has 0 fully saturated rings. The number of hydrogen-bond acceptors (Lipinski definition) is 1. The molecule has 0 heterocycles. The van der Waals surface area contributed by atoms with Crippen molar-refractivity contribution in [3.63, 3.8) is 0 Å². The van der Waals surface area contributed by atoms with Crippen LogP contribution >= 0.6 is 0 Å². The van der Waals surface area contributed by atoms with E-state index < -0.39 is 0 Å². The topological polar surface area (TPSA) is 12.0 Å². The molecule has 0 aliphatic heterocycles. The van der Waals surface area contributed by atoms with Crippen LogP contribution in [-0.2, 0) is 21.1 Å². The standard InChI is InChI=1S/C8H15N.3CH3.Pt/c1-3-9-8(2)6-4-5-7-8;;;;/h4-5,9H,3,6-7H2,1-2H3;3*1H3;/q;3*-1;+4. The fraction of sp³-hybridized carbons (Fsp3) is 0.545. The van der Waals surface area contributed by atoms with Crippen LogP contribution in [0.15, 0.2) is 12.2 Å². The molecule has 0 saturated carbocycles. The zero-order valence-electron chi connectivity index (χ0n) is 9.59. The fourth-order valence-electron chi connectivity index (χ4n) is 1.34. The first-order valence-electron chi connectivity index (χ1n) is 3.67. The Morgan fingerprint density at radius 1 is 1.15 bits per heavy atom. The zero-order chi connectivity index (χ0) is 6.74. The van der Waals surface area contributed by atoms with Gasteiger partial charge in [-0.2, -0.15) is 0 Å². The number of hydrogen-bond donors (Lipinski definition) is 1. The minimum absolute atomic E-state index is 0. The molecule has 0 unspecified atom stereocenters. The largest absolute Gasteiger partial charge is 4.00 e. The fourth-order valence-corrected chi connectivity index (χ4v) is 1.34. The molecule has 1 N–H and O–H groups in total. The smallest absolute Gasteiger partial charge is 0.358 e. The van der Waals surface area contributed by atoms with Crippen molar-refractivity contribution in [1.29, 1.82) is 0 Å².